The van der Waals surface area contributed by atoms with Crippen LogP contribution >= 0.6 is 0 Å². The van der Waals surface area contributed by atoms with Crippen molar-refractivity contribution in [2.45, 2.75) is 24.5 Å². The van der Waals surface area contributed by atoms with Gasteiger partial charge in [0.1, 0.15) is 24.1 Å². The van der Waals surface area contributed by atoms with Crippen LogP contribution in [0.3, 0.4) is 0 Å². The Kier molecular flexibility index (Phi) is 6.44. The molecule has 1 aromatic carbocycles. The average Bonchev–Trinajstić information content (AvgIpc) is 3.05. The molecule has 1 aromatic heterocycles. The van der Waals surface area contributed by atoms with Crippen LogP contribution in [-0.2, 0) is 18.9 Å². The zero-order valence-corrected chi connectivity index (χ0v) is 16.0. The molecule has 1 aliphatic heterocycles. The highest BCUT2D eigenvalue weighted by Gasteiger charge is 2.46. The van der Waals surface area contributed by atoms with Gasteiger partial charge in [-0.2, -0.15) is 4.98 Å². The Morgan fingerprint density at radius 1 is 1.14 bits per heavy atom. The molecule has 1 aliphatic rings. The second-order valence-electron chi connectivity index (χ2n) is 6.27. The van der Waals surface area contributed by atoms with Gasteiger partial charge in [-0.25, -0.2) is 4.79 Å². The van der Waals surface area contributed by atoms with Gasteiger partial charge in [0, 0.05) is 33.1 Å². The Labute approximate surface area is 163 Å². The number of hydrogen-bond acceptors (Lipinski definition) is 7. The SMILES string of the molecule is COC[C@H]1O[C@@H](n2cc(C#Cc3ccccc3)c(N)nc2=O)C(OC)C1OC. The number of anilines is 1. The monoisotopic (exact) mass is 385 g/mol. The van der Waals surface area contributed by atoms with E-state index >= 15 is 0 Å². The topological polar surface area (TPSA) is 97.8 Å². The Bertz CT molecular complexity index is 919. The van der Waals surface area contributed by atoms with Gasteiger partial charge in [0.25, 0.3) is 0 Å². The molecule has 0 saturated carbocycles. The Morgan fingerprint density at radius 3 is 2.50 bits per heavy atom. The van der Waals surface area contributed by atoms with E-state index in [1.54, 1.807) is 20.4 Å². The third kappa shape index (κ3) is 4.08. The lowest BCUT2D eigenvalue weighted by Gasteiger charge is -2.22. The minimum absolute atomic E-state index is 0.0633. The summed E-state index contributed by atoms with van der Waals surface area (Å²) in [7, 11) is 4.67. The van der Waals surface area contributed by atoms with Crippen molar-refractivity contribution in [1.29, 1.82) is 0 Å². The molecule has 2 N–H and O–H groups in total. The van der Waals surface area contributed by atoms with E-state index in [0.717, 1.165) is 5.56 Å². The molecule has 148 valence electrons. The standard InChI is InChI=1S/C20H23N3O5/c1-25-12-15-16(26-2)17(27-3)19(28-15)23-11-14(18(21)22-20(23)24)10-9-13-7-5-4-6-8-13/h4-8,11,15-17,19H,12H2,1-3H3,(H2,21,22,24)/t15-,16?,17?,19-/m1/s1. The summed E-state index contributed by atoms with van der Waals surface area (Å²) in [6, 6.07) is 9.45. The van der Waals surface area contributed by atoms with Crippen molar-refractivity contribution in [2.24, 2.45) is 0 Å². The van der Waals surface area contributed by atoms with Crippen molar-refractivity contribution in [2.75, 3.05) is 33.7 Å². The van der Waals surface area contributed by atoms with Crippen LogP contribution in [-0.4, -0.2) is 55.8 Å². The molecule has 0 aliphatic carbocycles. The lowest BCUT2D eigenvalue weighted by Crippen LogP contribution is -2.39. The number of aromatic nitrogens is 2. The summed E-state index contributed by atoms with van der Waals surface area (Å²) in [4.78, 5) is 16.4. The molecule has 0 amide bonds. The zero-order valence-electron chi connectivity index (χ0n) is 16.0. The maximum absolute atomic E-state index is 12.5. The first kappa shape index (κ1) is 20.0. The predicted molar refractivity (Wildman–Crippen MR) is 103 cm³/mol. The number of benzene rings is 1. The van der Waals surface area contributed by atoms with Gasteiger partial charge in [-0.05, 0) is 12.1 Å². The third-order valence-electron chi connectivity index (χ3n) is 4.53. The molecule has 4 atom stereocenters. The maximum atomic E-state index is 12.5. The van der Waals surface area contributed by atoms with Gasteiger partial charge in [0.05, 0.1) is 12.2 Å². The molecule has 8 nitrogen and oxygen atoms in total. The molecule has 0 spiro atoms. The second kappa shape index (κ2) is 8.99. The Hall–Kier alpha value is -2.70. The van der Waals surface area contributed by atoms with Crippen LogP contribution in [0.1, 0.15) is 17.4 Å². The van der Waals surface area contributed by atoms with E-state index < -0.39 is 30.2 Å². The summed E-state index contributed by atoms with van der Waals surface area (Å²) in [5.74, 6) is 6.04. The fourth-order valence-corrected chi connectivity index (χ4v) is 3.19. The quantitative estimate of drug-likeness (QED) is 0.760. The number of nitrogens with two attached hydrogens (primary N) is 1. The maximum Gasteiger partial charge on any atom is 0.351 e. The molecule has 1 saturated heterocycles. The van der Waals surface area contributed by atoms with Gasteiger partial charge in [0.2, 0.25) is 0 Å². The van der Waals surface area contributed by atoms with Crippen LogP contribution in [0.5, 0.6) is 0 Å². The van der Waals surface area contributed by atoms with Crippen molar-refractivity contribution >= 4 is 5.82 Å². The van der Waals surface area contributed by atoms with Gasteiger partial charge in [-0.1, -0.05) is 30.0 Å². The van der Waals surface area contributed by atoms with Crippen molar-refractivity contribution in [3.63, 3.8) is 0 Å². The van der Waals surface area contributed by atoms with Crippen LogP contribution in [0.2, 0.25) is 0 Å². The van der Waals surface area contributed by atoms with E-state index in [4.69, 9.17) is 24.7 Å². The van der Waals surface area contributed by atoms with E-state index in [0.29, 0.717) is 12.2 Å². The summed E-state index contributed by atoms with van der Waals surface area (Å²) in [5.41, 5.74) is 6.60. The highest BCUT2D eigenvalue weighted by molar-refractivity contribution is 5.52. The normalized spacial score (nSPS) is 24.0. The van der Waals surface area contributed by atoms with Crippen molar-refractivity contribution in [3.05, 3.63) is 58.1 Å². The van der Waals surface area contributed by atoms with Crippen molar-refractivity contribution < 1.29 is 18.9 Å². The molecule has 0 bridgehead atoms. The summed E-state index contributed by atoms with van der Waals surface area (Å²) in [6.45, 7) is 0.298. The summed E-state index contributed by atoms with van der Waals surface area (Å²) >= 11 is 0. The van der Waals surface area contributed by atoms with Gasteiger partial charge < -0.3 is 24.7 Å². The number of nitrogens with zero attached hydrogens (tertiary/aromatic N) is 2. The molecule has 3 rings (SSSR count). The molecule has 1 fully saturated rings. The van der Waals surface area contributed by atoms with E-state index in [2.05, 4.69) is 16.8 Å². The van der Waals surface area contributed by atoms with Crippen LogP contribution in [0, 0.1) is 11.8 Å². The van der Waals surface area contributed by atoms with E-state index in [-0.39, 0.29) is 5.82 Å². The number of nitrogen functional groups attached to an aromatic ring is 1. The summed E-state index contributed by atoms with van der Waals surface area (Å²) in [5, 5.41) is 0. The number of hydrogen-bond donors (Lipinski definition) is 1. The molecule has 28 heavy (non-hydrogen) atoms. The Morgan fingerprint density at radius 2 is 1.86 bits per heavy atom. The molecular formula is C20H23N3O5. The first-order valence-electron chi connectivity index (χ1n) is 8.74. The van der Waals surface area contributed by atoms with Crippen LogP contribution in [0.25, 0.3) is 0 Å². The van der Waals surface area contributed by atoms with Gasteiger partial charge in [0.15, 0.2) is 6.23 Å². The predicted octanol–water partition coefficient (Wildman–Crippen LogP) is 0.799. The minimum Gasteiger partial charge on any atom is -0.382 e. The first-order chi connectivity index (χ1) is 13.6. The fourth-order valence-electron chi connectivity index (χ4n) is 3.19. The molecule has 0 radical (unpaired) electrons. The smallest absolute Gasteiger partial charge is 0.351 e. The van der Waals surface area contributed by atoms with Gasteiger partial charge in [-0.15, -0.1) is 0 Å². The molecule has 2 unspecified atom stereocenters. The molecule has 2 heterocycles. The zero-order chi connectivity index (χ0) is 20.1. The largest absolute Gasteiger partial charge is 0.382 e. The summed E-state index contributed by atoms with van der Waals surface area (Å²) in [6.07, 6.45) is -0.526. The first-order valence-corrected chi connectivity index (χ1v) is 8.74. The fraction of sp³-hybridized carbons (Fsp3) is 0.400. The minimum atomic E-state index is -0.743. The Balaban J connectivity index is 1.98. The van der Waals surface area contributed by atoms with E-state index in [1.807, 2.05) is 30.3 Å². The summed E-state index contributed by atoms with van der Waals surface area (Å²) < 4.78 is 23.6. The van der Waals surface area contributed by atoms with Gasteiger partial charge in [-0.3, -0.25) is 4.57 Å². The number of methoxy groups -OCH3 is 3. The average molecular weight is 385 g/mol. The van der Waals surface area contributed by atoms with Crippen LogP contribution in [0.4, 0.5) is 5.82 Å². The van der Waals surface area contributed by atoms with Crippen molar-refractivity contribution in [1.82, 2.24) is 9.55 Å². The third-order valence-corrected chi connectivity index (χ3v) is 4.53. The lowest BCUT2D eigenvalue weighted by molar-refractivity contribution is -0.0672. The van der Waals surface area contributed by atoms with Crippen LogP contribution in [0.15, 0.2) is 41.3 Å². The highest BCUT2D eigenvalue weighted by Crippen LogP contribution is 2.32. The second-order valence-corrected chi connectivity index (χ2v) is 6.27. The van der Waals surface area contributed by atoms with E-state index in [9.17, 15) is 4.79 Å². The molecule has 2 aromatic rings. The van der Waals surface area contributed by atoms with Crippen LogP contribution < -0.4 is 11.4 Å². The molecule has 8 heteroatoms. The van der Waals surface area contributed by atoms with E-state index in [1.165, 1.54) is 11.7 Å². The molecular weight excluding hydrogens is 362 g/mol. The van der Waals surface area contributed by atoms with Gasteiger partial charge >= 0.3 is 5.69 Å². The number of rotatable bonds is 5. The number of ether oxygens (including phenoxy) is 4. The highest BCUT2D eigenvalue weighted by atomic mass is 16.6. The lowest BCUT2D eigenvalue weighted by atomic mass is 10.1. The van der Waals surface area contributed by atoms with Crippen molar-refractivity contribution in [3.8, 4) is 11.8 Å².